The van der Waals surface area contributed by atoms with Crippen molar-refractivity contribution in [2.24, 2.45) is 7.05 Å². The van der Waals surface area contributed by atoms with Crippen LogP contribution in [0.3, 0.4) is 0 Å². The molecule has 0 aliphatic rings. The van der Waals surface area contributed by atoms with Gasteiger partial charge in [0.25, 0.3) is 0 Å². The van der Waals surface area contributed by atoms with Gasteiger partial charge in [0.05, 0.1) is 23.5 Å². The van der Waals surface area contributed by atoms with Crippen molar-refractivity contribution in [2.45, 2.75) is 11.4 Å². The van der Waals surface area contributed by atoms with Crippen LogP contribution in [0, 0.1) is 0 Å². The van der Waals surface area contributed by atoms with E-state index < -0.39 is 10.0 Å². The van der Waals surface area contributed by atoms with Gasteiger partial charge in [-0.05, 0) is 25.2 Å². The van der Waals surface area contributed by atoms with E-state index in [-0.39, 0.29) is 4.90 Å². The smallest absolute Gasteiger partial charge is 0.240 e. The Morgan fingerprint density at radius 3 is 2.79 bits per heavy atom. The van der Waals surface area contributed by atoms with Gasteiger partial charge >= 0.3 is 0 Å². The maximum atomic E-state index is 11.7. The molecular formula is C12H16N4O2S. The second-order valence-electron chi connectivity index (χ2n) is 4.08. The number of nitrogens with one attached hydrogen (secondary N) is 2. The summed E-state index contributed by atoms with van der Waals surface area (Å²) >= 11 is 0. The molecule has 0 atom stereocenters. The number of aryl methyl sites for hydroxylation is 1. The molecule has 0 saturated carbocycles. The summed E-state index contributed by atoms with van der Waals surface area (Å²) in [6, 6.07) is 6.68. The maximum absolute atomic E-state index is 11.7. The van der Waals surface area contributed by atoms with E-state index in [9.17, 15) is 8.42 Å². The molecule has 0 aliphatic heterocycles. The fraction of sp³-hybridized carbons (Fsp3) is 0.250. The third kappa shape index (κ3) is 3.12. The van der Waals surface area contributed by atoms with Gasteiger partial charge in [0.15, 0.2) is 0 Å². The Balaban J connectivity index is 2.14. The fourth-order valence-corrected chi connectivity index (χ4v) is 2.41. The van der Waals surface area contributed by atoms with Gasteiger partial charge in [-0.2, -0.15) is 0 Å². The van der Waals surface area contributed by atoms with Crippen LogP contribution in [0.5, 0.6) is 0 Å². The Bertz CT molecular complexity index is 664. The molecule has 0 unspecified atom stereocenters. The second kappa shape index (κ2) is 5.41. The lowest BCUT2D eigenvalue weighted by Gasteiger charge is -2.09. The Morgan fingerprint density at radius 2 is 2.16 bits per heavy atom. The Kier molecular flexibility index (Phi) is 3.87. The molecule has 2 N–H and O–H groups in total. The van der Waals surface area contributed by atoms with E-state index in [2.05, 4.69) is 15.0 Å². The van der Waals surface area contributed by atoms with Crippen LogP contribution in [-0.2, 0) is 23.6 Å². The Labute approximate surface area is 112 Å². The summed E-state index contributed by atoms with van der Waals surface area (Å²) in [5, 5.41) is 3.17. The molecule has 102 valence electrons. The highest BCUT2D eigenvalue weighted by atomic mass is 32.2. The SMILES string of the molecule is CNS(=O)(=O)c1cccc(NCc2cncn2C)c1. The van der Waals surface area contributed by atoms with Gasteiger partial charge < -0.3 is 9.88 Å². The second-order valence-corrected chi connectivity index (χ2v) is 5.97. The van der Waals surface area contributed by atoms with Crippen LogP contribution in [0.1, 0.15) is 5.69 Å². The van der Waals surface area contributed by atoms with Crippen LogP contribution in [0.4, 0.5) is 5.69 Å². The van der Waals surface area contributed by atoms with Crippen molar-refractivity contribution >= 4 is 15.7 Å². The van der Waals surface area contributed by atoms with Gasteiger partial charge in [-0.3, -0.25) is 0 Å². The first-order valence-electron chi connectivity index (χ1n) is 5.75. The van der Waals surface area contributed by atoms with Crippen LogP contribution in [-0.4, -0.2) is 25.0 Å². The number of imidazole rings is 1. The normalized spacial score (nSPS) is 11.5. The minimum absolute atomic E-state index is 0.241. The fourth-order valence-electron chi connectivity index (χ4n) is 1.64. The number of benzene rings is 1. The number of hydrogen-bond acceptors (Lipinski definition) is 4. The minimum Gasteiger partial charge on any atom is -0.379 e. The lowest BCUT2D eigenvalue weighted by molar-refractivity contribution is 0.588. The molecule has 0 amide bonds. The minimum atomic E-state index is -3.41. The quantitative estimate of drug-likeness (QED) is 0.854. The number of sulfonamides is 1. The van der Waals surface area contributed by atoms with Gasteiger partial charge in [-0.25, -0.2) is 18.1 Å². The topological polar surface area (TPSA) is 76.0 Å². The van der Waals surface area contributed by atoms with Gasteiger partial charge in [0.2, 0.25) is 10.0 Å². The van der Waals surface area contributed by atoms with E-state index >= 15 is 0 Å². The number of nitrogens with zero attached hydrogens (tertiary/aromatic N) is 2. The first-order valence-corrected chi connectivity index (χ1v) is 7.24. The van der Waals surface area contributed by atoms with E-state index in [1.165, 1.54) is 7.05 Å². The first-order chi connectivity index (χ1) is 9.03. The van der Waals surface area contributed by atoms with E-state index in [0.717, 1.165) is 11.4 Å². The summed E-state index contributed by atoms with van der Waals surface area (Å²) in [6.07, 6.45) is 3.49. The summed E-state index contributed by atoms with van der Waals surface area (Å²) < 4.78 is 27.6. The third-order valence-corrected chi connectivity index (χ3v) is 4.22. The molecule has 0 aliphatic carbocycles. The summed E-state index contributed by atoms with van der Waals surface area (Å²) in [5.74, 6) is 0. The van der Waals surface area contributed by atoms with Gasteiger partial charge in [-0.15, -0.1) is 0 Å². The maximum Gasteiger partial charge on any atom is 0.240 e. The third-order valence-electron chi connectivity index (χ3n) is 2.80. The number of rotatable bonds is 5. The molecule has 0 radical (unpaired) electrons. The molecule has 1 heterocycles. The molecule has 6 nitrogen and oxygen atoms in total. The summed E-state index contributed by atoms with van der Waals surface area (Å²) in [7, 11) is -0.106. The first kappa shape index (κ1) is 13.6. The Hall–Kier alpha value is -1.86. The highest BCUT2D eigenvalue weighted by Crippen LogP contribution is 2.15. The molecule has 0 fully saturated rings. The van der Waals surface area contributed by atoms with Gasteiger partial charge in [-0.1, -0.05) is 6.07 Å². The molecule has 0 bridgehead atoms. The highest BCUT2D eigenvalue weighted by molar-refractivity contribution is 7.89. The van der Waals surface area contributed by atoms with E-state index in [4.69, 9.17) is 0 Å². The number of aromatic nitrogens is 2. The van der Waals surface area contributed by atoms with Gasteiger partial charge in [0.1, 0.15) is 0 Å². The largest absolute Gasteiger partial charge is 0.379 e. The predicted molar refractivity (Wildman–Crippen MR) is 73.2 cm³/mol. The van der Waals surface area contributed by atoms with E-state index in [0.29, 0.717) is 6.54 Å². The van der Waals surface area contributed by atoms with E-state index in [1.54, 1.807) is 30.7 Å². The van der Waals surface area contributed by atoms with Crippen molar-refractivity contribution in [2.75, 3.05) is 12.4 Å². The summed E-state index contributed by atoms with van der Waals surface area (Å²) in [4.78, 5) is 4.26. The van der Waals surface area contributed by atoms with Crippen LogP contribution in [0.25, 0.3) is 0 Å². The average Bonchev–Trinajstić information content (AvgIpc) is 2.82. The zero-order valence-corrected chi connectivity index (χ0v) is 11.6. The lowest BCUT2D eigenvalue weighted by atomic mass is 10.3. The lowest BCUT2D eigenvalue weighted by Crippen LogP contribution is -2.18. The molecule has 1 aromatic carbocycles. The molecule has 2 rings (SSSR count). The molecule has 1 aromatic heterocycles. The van der Waals surface area contributed by atoms with Crippen LogP contribution in [0.15, 0.2) is 41.7 Å². The summed E-state index contributed by atoms with van der Waals surface area (Å²) in [6.45, 7) is 0.583. The van der Waals surface area contributed by atoms with E-state index in [1.807, 2.05) is 17.7 Å². The number of anilines is 1. The monoisotopic (exact) mass is 280 g/mol. The predicted octanol–water partition coefficient (Wildman–Crippen LogP) is 0.940. The van der Waals surface area contributed by atoms with Gasteiger partial charge in [0, 0.05) is 18.9 Å². The zero-order valence-electron chi connectivity index (χ0n) is 10.8. The van der Waals surface area contributed by atoms with Crippen molar-refractivity contribution < 1.29 is 8.42 Å². The van der Waals surface area contributed by atoms with Crippen molar-refractivity contribution in [3.63, 3.8) is 0 Å². The standard InChI is InChI=1S/C12H16N4O2S/c1-13-19(17,18)12-5-3-4-10(6-12)15-8-11-7-14-9-16(11)2/h3-7,9,13,15H,8H2,1-2H3. The molecule has 7 heteroatoms. The number of hydrogen-bond donors (Lipinski definition) is 2. The van der Waals surface area contributed by atoms with Crippen LogP contribution >= 0.6 is 0 Å². The summed E-state index contributed by atoms with van der Waals surface area (Å²) in [5.41, 5.74) is 1.76. The average molecular weight is 280 g/mol. The molecule has 0 spiro atoms. The van der Waals surface area contributed by atoms with Crippen LogP contribution < -0.4 is 10.0 Å². The van der Waals surface area contributed by atoms with Crippen molar-refractivity contribution in [3.05, 3.63) is 42.5 Å². The Morgan fingerprint density at radius 1 is 1.37 bits per heavy atom. The highest BCUT2D eigenvalue weighted by Gasteiger charge is 2.11. The van der Waals surface area contributed by atoms with Crippen LogP contribution in [0.2, 0.25) is 0 Å². The zero-order chi connectivity index (χ0) is 13.9. The molecular weight excluding hydrogens is 264 g/mol. The molecule has 19 heavy (non-hydrogen) atoms. The molecule has 2 aromatic rings. The molecule has 0 saturated heterocycles. The van der Waals surface area contributed by atoms with Crippen molar-refractivity contribution in [1.29, 1.82) is 0 Å². The van der Waals surface area contributed by atoms with Crippen molar-refractivity contribution in [1.82, 2.24) is 14.3 Å². The van der Waals surface area contributed by atoms with Crippen molar-refractivity contribution in [3.8, 4) is 0 Å².